The molecule has 19 heavy (non-hydrogen) atoms. The lowest BCUT2D eigenvalue weighted by Crippen LogP contribution is -2.14. The highest BCUT2D eigenvalue weighted by Crippen LogP contribution is 2.17. The van der Waals surface area contributed by atoms with Crippen LogP contribution in [-0.2, 0) is 10.0 Å². The molecule has 0 aliphatic rings. The first-order valence-corrected chi connectivity index (χ1v) is 7.42. The van der Waals surface area contributed by atoms with Crippen LogP contribution in [0.4, 0.5) is 10.1 Å². The highest BCUT2D eigenvalue weighted by atomic mass is 79.9. The van der Waals surface area contributed by atoms with Crippen LogP contribution >= 0.6 is 15.9 Å². The van der Waals surface area contributed by atoms with E-state index in [0.29, 0.717) is 4.47 Å². The SMILES string of the molecule is Cc1ncc(NS(=O)(=O)c2ccc(Br)cn2)cc1F. The highest BCUT2D eigenvalue weighted by Gasteiger charge is 2.16. The van der Waals surface area contributed by atoms with E-state index in [0.717, 1.165) is 6.07 Å². The summed E-state index contributed by atoms with van der Waals surface area (Å²) in [5, 5.41) is -0.156. The van der Waals surface area contributed by atoms with Gasteiger partial charge in [-0.3, -0.25) is 9.71 Å². The van der Waals surface area contributed by atoms with E-state index in [4.69, 9.17) is 0 Å². The summed E-state index contributed by atoms with van der Waals surface area (Å²) >= 11 is 3.16. The number of halogens is 2. The fourth-order valence-electron chi connectivity index (χ4n) is 1.29. The molecule has 0 atom stereocenters. The van der Waals surface area contributed by atoms with Crippen molar-refractivity contribution in [1.82, 2.24) is 9.97 Å². The van der Waals surface area contributed by atoms with Crippen molar-refractivity contribution in [3.63, 3.8) is 0 Å². The molecule has 2 aromatic heterocycles. The second-order valence-corrected chi connectivity index (χ2v) is 6.26. The van der Waals surface area contributed by atoms with Crippen molar-refractivity contribution in [3.05, 3.63) is 46.6 Å². The maximum atomic E-state index is 13.3. The molecule has 0 aliphatic carbocycles. The zero-order valence-corrected chi connectivity index (χ0v) is 12.2. The third-order valence-corrected chi connectivity index (χ3v) is 4.02. The second-order valence-electron chi connectivity index (χ2n) is 3.71. The number of aryl methyl sites for hydroxylation is 1. The van der Waals surface area contributed by atoms with Gasteiger partial charge in [-0.25, -0.2) is 9.37 Å². The molecular formula is C11H9BrFN3O2S. The molecule has 8 heteroatoms. The van der Waals surface area contributed by atoms with Crippen LogP contribution in [0.3, 0.4) is 0 Å². The summed E-state index contributed by atoms with van der Waals surface area (Å²) < 4.78 is 40.1. The minimum absolute atomic E-state index is 0.0489. The Labute approximate surface area is 118 Å². The van der Waals surface area contributed by atoms with Crippen LogP contribution in [0.2, 0.25) is 0 Å². The average Bonchev–Trinajstić information content (AvgIpc) is 2.34. The number of aromatic nitrogens is 2. The molecular weight excluding hydrogens is 337 g/mol. The number of nitrogens with one attached hydrogen (secondary N) is 1. The number of sulfonamides is 1. The monoisotopic (exact) mass is 345 g/mol. The van der Waals surface area contributed by atoms with Crippen molar-refractivity contribution in [1.29, 1.82) is 0 Å². The Hall–Kier alpha value is -1.54. The molecule has 2 rings (SSSR count). The molecule has 0 radical (unpaired) electrons. The van der Waals surface area contributed by atoms with Crippen molar-refractivity contribution in [2.45, 2.75) is 11.9 Å². The lowest BCUT2D eigenvalue weighted by Gasteiger charge is -2.07. The summed E-state index contributed by atoms with van der Waals surface area (Å²) in [6.07, 6.45) is 2.61. The van der Waals surface area contributed by atoms with E-state index in [2.05, 4.69) is 30.6 Å². The first kappa shape index (κ1) is 13.9. The van der Waals surface area contributed by atoms with Crippen LogP contribution in [0, 0.1) is 12.7 Å². The van der Waals surface area contributed by atoms with Gasteiger partial charge in [0.25, 0.3) is 10.0 Å². The quantitative estimate of drug-likeness (QED) is 0.927. The van der Waals surface area contributed by atoms with E-state index >= 15 is 0 Å². The normalized spacial score (nSPS) is 11.3. The number of hydrogen-bond acceptors (Lipinski definition) is 4. The van der Waals surface area contributed by atoms with Crippen LogP contribution in [0.25, 0.3) is 0 Å². The second kappa shape index (κ2) is 5.22. The smallest absolute Gasteiger partial charge is 0.277 e. The standard InChI is InChI=1S/C11H9BrFN3O2S/c1-7-10(13)4-9(6-14-7)16-19(17,18)11-3-2-8(12)5-15-11/h2-6,16H,1H3. The molecule has 0 unspecified atom stereocenters. The Balaban J connectivity index is 2.30. The van der Waals surface area contributed by atoms with E-state index in [9.17, 15) is 12.8 Å². The minimum Gasteiger partial charge on any atom is -0.277 e. The molecule has 0 spiro atoms. The van der Waals surface area contributed by atoms with Gasteiger partial charge in [-0.2, -0.15) is 8.42 Å². The highest BCUT2D eigenvalue weighted by molar-refractivity contribution is 9.10. The number of hydrogen-bond donors (Lipinski definition) is 1. The molecule has 2 heterocycles. The number of pyridine rings is 2. The van der Waals surface area contributed by atoms with Gasteiger partial charge in [-0.05, 0) is 35.0 Å². The van der Waals surface area contributed by atoms with Crippen LogP contribution < -0.4 is 4.72 Å². The zero-order chi connectivity index (χ0) is 14.0. The minimum atomic E-state index is -3.85. The van der Waals surface area contributed by atoms with E-state index in [-0.39, 0.29) is 16.4 Å². The number of rotatable bonds is 3. The van der Waals surface area contributed by atoms with Gasteiger partial charge in [-0.15, -0.1) is 0 Å². The maximum Gasteiger partial charge on any atom is 0.279 e. The van der Waals surface area contributed by atoms with E-state index < -0.39 is 15.8 Å². The Morgan fingerprint density at radius 2 is 2.00 bits per heavy atom. The Bertz CT molecular complexity index is 704. The number of anilines is 1. The van der Waals surface area contributed by atoms with Crippen LogP contribution in [0.5, 0.6) is 0 Å². The molecule has 100 valence electrons. The molecule has 5 nitrogen and oxygen atoms in total. The molecule has 0 amide bonds. The van der Waals surface area contributed by atoms with Crippen LogP contribution in [-0.4, -0.2) is 18.4 Å². The summed E-state index contributed by atoms with van der Waals surface area (Å²) in [5.41, 5.74) is 0.248. The van der Waals surface area contributed by atoms with Crippen molar-refractivity contribution in [3.8, 4) is 0 Å². The van der Waals surface area contributed by atoms with Gasteiger partial charge in [0.15, 0.2) is 5.03 Å². The van der Waals surface area contributed by atoms with Crippen molar-refractivity contribution in [2.75, 3.05) is 4.72 Å². The van der Waals surface area contributed by atoms with Crippen LogP contribution in [0.1, 0.15) is 5.69 Å². The Morgan fingerprint density at radius 1 is 1.26 bits per heavy atom. The van der Waals surface area contributed by atoms with Crippen molar-refractivity contribution >= 4 is 31.6 Å². The lowest BCUT2D eigenvalue weighted by atomic mass is 10.3. The van der Waals surface area contributed by atoms with Gasteiger partial charge in [0.2, 0.25) is 0 Å². The van der Waals surface area contributed by atoms with Gasteiger partial charge < -0.3 is 0 Å². The Morgan fingerprint density at radius 3 is 2.58 bits per heavy atom. The largest absolute Gasteiger partial charge is 0.279 e. The van der Waals surface area contributed by atoms with Gasteiger partial charge in [0.1, 0.15) is 5.82 Å². The third kappa shape index (κ3) is 3.27. The lowest BCUT2D eigenvalue weighted by molar-refractivity contribution is 0.597. The van der Waals surface area contributed by atoms with Gasteiger partial charge in [-0.1, -0.05) is 0 Å². The molecule has 0 saturated heterocycles. The third-order valence-electron chi connectivity index (χ3n) is 2.25. The molecule has 0 saturated carbocycles. The molecule has 1 N–H and O–H groups in total. The van der Waals surface area contributed by atoms with Crippen molar-refractivity contribution < 1.29 is 12.8 Å². The summed E-state index contributed by atoms with van der Waals surface area (Å²) in [6, 6.07) is 3.96. The fraction of sp³-hybridized carbons (Fsp3) is 0.0909. The number of nitrogens with zero attached hydrogens (tertiary/aromatic N) is 2. The molecule has 0 fully saturated rings. The zero-order valence-electron chi connectivity index (χ0n) is 9.76. The van der Waals surface area contributed by atoms with Gasteiger partial charge >= 0.3 is 0 Å². The molecule has 0 aliphatic heterocycles. The summed E-state index contributed by atoms with van der Waals surface area (Å²) in [5.74, 6) is -0.580. The average molecular weight is 346 g/mol. The van der Waals surface area contributed by atoms with Crippen molar-refractivity contribution in [2.24, 2.45) is 0 Å². The summed E-state index contributed by atoms with van der Waals surface area (Å²) in [7, 11) is -3.85. The Kier molecular flexibility index (Phi) is 3.81. The van der Waals surface area contributed by atoms with Gasteiger partial charge in [0, 0.05) is 16.7 Å². The molecule has 2 aromatic rings. The van der Waals surface area contributed by atoms with E-state index in [1.54, 1.807) is 6.07 Å². The predicted octanol–water partition coefficient (Wildman–Crippen LogP) is 2.49. The molecule has 0 bridgehead atoms. The van der Waals surface area contributed by atoms with E-state index in [1.807, 2.05) is 0 Å². The topological polar surface area (TPSA) is 72.0 Å². The summed E-state index contributed by atoms with van der Waals surface area (Å²) in [6.45, 7) is 1.49. The first-order valence-electron chi connectivity index (χ1n) is 5.15. The first-order chi connectivity index (χ1) is 8.88. The van der Waals surface area contributed by atoms with Crippen LogP contribution in [0.15, 0.2) is 40.1 Å². The van der Waals surface area contributed by atoms with E-state index in [1.165, 1.54) is 25.4 Å². The molecule has 0 aromatic carbocycles. The summed E-state index contributed by atoms with van der Waals surface area (Å²) in [4.78, 5) is 7.52. The maximum absolute atomic E-state index is 13.3. The predicted molar refractivity (Wildman–Crippen MR) is 71.7 cm³/mol. The van der Waals surface area contributed by atoms with Gasteiger partial charge in [0.05, 0.1) is 17.6 Å². The fourth-order valence-corrected chi connectivity index (χ4v) is 2.49.